The second kappa shape index (κ2) is 13.2. The Morgan fingerprint density at radius 1 is 0.321 bits per heavy atom. The van der Waals surface area contributed by atoms with Crippen molar-refractivity contribution < 1.29 is 4.42 Å². The van der Waals surface area contributed by atoms with E-state index in [0.29, 0.717) is 0 Å². The summed E-state index contributed by atoms with van der Waals surface area (Å²) < 4.78 is 6.66. The number of furan rings is 1. The lowest BCUT2D eigenvalue weighted by Crippen LogP contribution is -2.10. The van der Waals surface area contributed by atoms with Gasteiger partial charge in [0.25, 0.3) is 0 Å². The molecule has 10 aromatic carbocycles. The maximum absolute atomic E-state index is 6.66. The fourth-order valence-corrected chi connectivity index (χ4v) is 8.44. The number of rotatable bonds is 6. The summed E-state index contributed by atoms with van der Waals surface area (Å²) in [7, 11) is 0. The molecule has 262 valence electrons. The van der Waals surface area contributed by atoms with Crippen LogP contribution in [0.15, 0.2) is 217 Å². The Bertz CT molecular complexity index is 3220. The Hall–Kier alpha value is -7.42. The lowest BCUT2D eigenvalue weighted by Gasteiger charge is -2.26. The van der Waals surface area contributed by atoms with Crippen LogP contribution in [-0.2, 0) is 0 Å². The highest BCUT2D eigenvalue weighted by molar-refractivity contribution is 6.19. The fraction of sp³-hybridized carbons (Fsp3) is 0. The average molecular weight is 714 g/mol. The molecule has 2 nitrogen and oxygen atoms in total. The van der Waals surface area contributed by atoms with Crippen LogP contribution in [0.2, 0.25) is 0 Å². The molecule has 0 atom stereocenters. The van der Waals surface area contributed by atoms with Gasteiger partial charge in [0.05, 0.1) is 11.1 Å². The van der Waals surface area contributed by atoms with Gasteiger partial charge in [-0.2, -0.15) is 0 Å². The van der Waals surface area contributed by atoms with Gasteiger partial charge in [0, 0.05) is 22.1 Å². The molecule has 11 aromatic rings. The first-order valence-corrected chi connectivity index (χ1v) is 19.2. The highest BCUT2D eigenvalue weighted by Crippen LogP contribution is 2.45. The van der Waals surface area contributed by atoms with Gasteiger partial charge in [-0.3, -0.25) is 0 Å². The molecule has 2 heteroatoms. The van der Waals surface area contributed by atoms with Crippen LogP contribution in [0, 0.1) is 0 Å². The lowest BCUT2D eigenvalue weighted by atomic mass is 9.96. The van der Waals surface area contributed by atoms with Crippen LogP contribution in [0.5, 0.6) is 0 Å². The van der Waals surface area contributed by atoms with Crippen molar-refractivity contribution in [2.24, 2.45) is 0 Å². The zero-order valence-electron chi connectivity index (χ0n) is 30.6. The number of nitrogens with zero attached hydrogens (tertiary/aromatic N) is 1. The standard InChI is InChI=1S/C54H35NO/c1-2-12-43-35-44(24-21-36(43)9-1)39-27-32-46(33-28-39)55(51-17-8-18-52-53(51)50-34-29-41-11-4-6-15-49(41)54(50)56-52)45-30-25-38(26-31-45)37-19-22-42(23-20-37)48-16-7-13-40-10-3-5-14-47(40)48/h1-35H. The van der Waals surface area contributed by atoms with Gasteiger partial charge in [0.1, 0.15) is 11.2 Å². The normalized spacial score (nSPS) is 11.6. The van der Waals surface area contributed by atoms with Crippen molar-refractivity contribution in [1.82, 2.24) is 0 Å². The van der Waals surface area contributed by atoms with E-state index in [-0.39, 0.29) is 0 Å². The Morgan fingerprint density at radius 2 is 0.839 bits per heavy atom. The van der Waals surface area contributed by atoms with Gasteiger partial charge >= 0.3 is 0 Å². The zero-order chi connectivity index (χ0) is 37.0. The third kappa shape index (κ3) is 5.42. The maximum atomic E-state index is 6.66. The summed E-state index contributed by atoms with van der Waals surface area (Å²) in [6, 6.07) is 76.4. The van der Waals surface area contributed by atoms with Crippen molar-refractivity contribution >= 4 is 71.3 Å². The molecule has 0 unspecified atom stereocenters. The predicted molar refractivity (Wildman–Crippen MR) is 237 cm³/mol. The third-order valence-corrected chi connectivity index (χ3v) is 11.3. The summed E-state index contributed by atoms with van der Waals surface area (Å²) >= 11 is 0. The zero-order valence-corrected chi connectivity index (χ0v) is 30.6. The minimum atomic E-state index is 0.870. The van der Waals surface area contributed by atoms with E-state index in [2.05, 4.69) is 217 Å². The van der Waals surface area contributed by atoms with Crippen LogP contribution < -0.4 is 4.90 Å². The molecule has 1 heterocycles. The molecule has 0 N–H and O–H groups in total. The lowest BCUT2D eigenvalue weighted by molar-refractivity contribution is 0.672. The van der Waals surface area contributed by atoms with Crippen LogP contribution in [-0.4, -0.2) is 0 Å². The Morgan fingerprint density at radius 3 is 1.57 bits per heavy atom. The highest BCUT2D eigenvalue weighted by atomic mass is 16.3. The van der Waals surface area contributed by atoms with E-state index in [1.807, 2.05) is 0 Å². The van der Waals surface area contributed by atoms with Gasteiger partial charge in [-0.15, -0.1) is 0 Å². The van der Waals surface area contributed by atoms with Crippen molar-refractivity contribution in [1.29, 1.82) is 0 Å². The quantitative estimate of drug-likeness (QED) is 0.171. The summed E-state index contributed by atoms with van der Waals surface area (Å²) in [5, 5.41) is 9.50. The highest BCUT2D eigenvalue weighted by Gasteiger charge is 2.20. The van der Waals surface area contributed by atoms with Crippen molar-refractivity contribution in [2.45, 2.75) is 0 Å². The molecule has 0 amide bonds. The molecular formula is C54H35NO. The molecule has 0 fully saturated rings. The first kappa shape index (κ1) is 32.0. The second-order valence-electron chi connectivity index (χ2n) is 14.5. The molecule has 56 heavy (non-hydrogen) atoms. The number of anilines is 3. The van der Waals surface area contributed by atoms with Gasteiger partial charge in [-0.1, -0.05) is 164 Å². The Labute approximate surface area is 325 Å². The molecule has 0 radical (unpaired) electrons. The largest absolute Gasteiger partial charge is 0.455 e. The molecule has 0 aliphatic carbocycles. The number of hydrogen-bond donors (Lipinski definition) is 0. The van der Waals surface area contributed by atoms with E-state index in [1.165, 1.54) is 60.3 Å². The number of hydrogen-bond acceptors (Lipinski definition) is 2. The first-order chi connectivity index (χ1) is 27.7. The van der Waals surface area contributed by atoms with Crippen LogP contribution in [0.4, 0.5) is 17.1 Å². The van der Waals surface area contributed by atoms with Gasteiger partial charge in [0.15, 0.2) is 0 Å². The smallest absolute Gasteiger partial charge is 0.143 e. The van der Waals surface area contributed by atoms with E-state index in [0.717, 1.165) is 44.4 Å². The Balaban J connectivity index is 1.01. The van der Waals surface area contributed by atoms with E-state index in [4.69, 9.17) is 4.42 Å². The van der Waals surface area contributed by atoms with E-state index in [1.54, 1.807) is 0 Å². The molecule has 0 spiro atoms. The van der Waals surface area contributed by atoms with Crippen molar-refractivity contribution in [2.75, 3.05) is 4.90 Å². The van der Waals surface area contributed by atoms with Crippen LogP contribution >= 0.6 is 0 Å². The molecule has 11 rings (SSSR count). The number of benzene rings is 10. The summed E-state index contributed by atoms with van der Waals surface area (Å²) in [5.41, 5.74) is 12.2. The van der Waals surface area contributed by atoms with Crippen molar-refractivity contribution in [3.8, 4) is 33.4 Å². The summed E-state index contributed by atoms with van der Waals surface area (Å²) in [4.78, 5) is 2.37. The summed E-state index contributed by atoms with van der Waals surface area (Å²) in [6.45, 7) is 0. The summed E-state index contributed by atoms with van der Waals surface area (Å²) in [5.74, 6) is 0. The second-order valence-corrected chi connectivity index (χ2v) is 14.5. The maximum Gasteiger partial charge on any atom is 0.143 e. The monoisotopic (exact) mass is 713 g/mol. The first-order valence-electron chi connectivity index (χ1n) is 19.2. The van der Waals surface area contributed by atoms with Crippen LogP contribution in [0.1, 0.15) is 0 Å². The van der Waals surface area contributed by atoms with Crippen molar-refractivity contribution in [3.63, 3.8) is 0 Å². The molecule has 0 bridgehead atoms. The van der Waals surface area contributed by atoms with Gasteiger partial charge < -0.3 is 9.32 Å². The van der Waals surface area contributed by atoms with Crippen molar-refractivity contribution in [3.05, 3.63) is 212 Å². The molecular weight excluding hydrogens is 679 g/mol. The number of fused-ring (bicyclic) bond motifs is 7. The Kier molecular flexibility index (Phi) is 7.53. The van der Waals surface area contributed by atoms with Crippen LogP contribution in [0.3, 0.4) is 0 Å². The fourth-order valence-electron chi connectivity index (χ4n) is 8.44. The molecule has 0 aliphatic rings. The molecule has 0 aliphatic heterocycles. The molecule has 1 aromatic heterocycles. The summed E-state index contributed by atoms with van der Waals surface area (Å²) in [6.07, 6.45) is 0. The predicted octanol–water partition coefficient (Wildman–Crippen LogP) is 15.5. The van der Waals surface area contributed by atoms with E-state index >= 15 is 0 Å². The van der Waals surface area contributed by atoms with E-state index < -0.39 is 0 Å². The minimum Gasteiger partial charge on any atom is -0.455 e. The minimum absolute atomic E-state index is 0.870. The molecule has 0 saturated heterocycles. The van der Waals surface area contributed by atoms with E-state index in [9.17, 15) is 0 Å². The van der Waals surface area contributed by atoms with Gasteiger partial charge in [-0.05, 0) is 109 Å². The van der Waals surface area contributed by atoms with Crippen LogP contribution in [0.25, 0.3) is 87.6 Å². The molecule has 0 saturated carbocycles. The van der Waals surface area contributed by atoms with Gasteiger partial charge in [0.2, 0.25) is 0 Å². The average Bonchev–Trinajstić information content (AvgIpc) is 3.67. The third-order valence-electron chi connectivity index (χ3n) is 11.3. The topological polar surface area (TPSA) is 16.4 Å². The van der Waals surface area contributed by atoms with Gasteiger partial charge in [-0.25, -0.2) is 0 Å². The SMILES string of the molecule is c1ccc2cc(-c3ccc(N(c4ccc(-c5ccc(-c6cccc7ccccc67)cc5)cc4)c4cccc5oc6c7ccccc7ccc6c45)cc3)ccc2c1.